The molecule has 2 heterocycles. The molecule has 3 aromatic rings. The van der Waals surface area contributed by atoms with E-state index < -0.39 is 0 Å². The summed E-state index contributed by atoms with van der Waals surface area (Å²) in [5.41, 5.74) is 1.04. The summed E-state index contributed by atoms with van der Waals surface area (Å²) in [6.45, 7) is 2.88. The quantitative estimate of drug-likeness (QED) is 0.479. The third-order valence-electron chi connectivity index (χ3n) is 4.67. The van der Waals surface area contributed by atoms with Crippen molar-refractivity contribution in [2.75, 3.05) is 18.4 Å². The molecule has 0 saturated carbocycles. The van der Waals surface area contributed by atoms with Crippen LogP contribution in [0.1, 0.15) is 23.4 Å². The van der Waals surface area contributed by atoms with Gasteiger partial charge in [0, 0.05) is 6.54 Å². The molecular weight excluding hydrogens is 443 g/mol. The van der Waals surface area contributed by atoms with Crippen molar-refractivity contribution in [3.05, 3.63) is 63.1 Å². The minimum absolute atomic E-state index is 0.223. The summed E-state index contributed by atoms with van der Waals surface area (Å²) < 4.78 is 11.7. The first-order chi connectivity index (χ1) is 14.7. The summed E-state index contributed by atoms with van der Waals surface area (Å²) in [5.74, 6) is 1.37. The zero-order valence-corrected chi connectivity index (χ0v) is 18.6. The monoisotopic (exact) mass is 464 g/mol. The maximum absolute atomic E-state index is 6.43. The third kappa shape index (κ3) is 5.76. The van der Waals surface area contributed by atoms with Gasteiger partial charge >= 0.3 is 0 Å². The number of piperidine rings is 1. The van der Waals surface area contributed by atoms with Crippen LogP contribution in [0.5, 0.6) is 11.5 Å². The number of aromatic nitrogens is 2. The van der Waals surface area contributed by atoms with Crippen molar-refractivity contribution < 1.29 is 9.47 Å². The van der Waals surface area contributed by atoms with Crippen molar-refractivity contribution in [2.45, 2.75) is 32.1 Å². The van der Waals surface area contributed by atoms with Crippen LogP contribution in [0.15, 0.2) is 42.5 Å². The Morgan fingerprint density at radius 1 is 1.03 bits per heavy atom. The van der Waals surface area contributed by atoms with Gasteiger partial charge in [-0.05, 0) is 55.8 Å². The highest BCUT2D eigenvalue weighted by Gasteiger charge is 2.16. The first-order valence-corrected chi connectivity index (χ1v) is 11.3. The minimum atomic E-state index is 0.223. The number of hydrogen-bond donors (Lipinski definition) is 2. The summed E-state index contributed by atoms with van der Waals surface area (Å²) in [6.07, 6.45) is 2.22. The summed E-state index contributed by atoms with van der Waals surface area (Å²) in [6, 6.07) is 13.2. The first-order valence-electron chi connectivity index (χ1n) is 9.77. The summed E-state index contributed by atoms with van der Waals surface area (Å²) in [4.78, 5) is 0. The van der Waals surface area contributed by atoms with Gasteiger partial charge in [0.05, 0.1) is 10.0 Å². The van der Waals surface area contributed by atoms with E-state index in [1.165, 1.54) is 11.3 Å². The van der Waals surface area contributed by atoms with Crippen molar-refractivity contribution in [3.63, 3.8) is 0 Å². The van der Waals surface area contributed by atoms with Gasteiger partial charge in [-0.2, -0.15) is 0 Å². The Hall–Kier alpha value is -2.06. The molecule has 9 heteroatoms. The van der Waals surface area contributed by atoms with Crippen molar-refractivity contribution in [1.82, 2.24) is 15.5 Å². The Morgan fingerprint density at radius 2 is 1.87 bits per heavy atom. The maximum Gasteiger partial charge on any atom is 0.206 e. The van der Waals surface area contributed by atoms with E-state index in [0.717, 1.165) is 47.4 Å². The van der Waals surface area contributed by atoms with Gasteiger partial charge in [-0.3, -0.25) is 0 Å². The van der Waals surface area contributed by atoms with Crippen molar-refractivity contribution in [3.8, 4) is 11.5 Å². The lowest BCUT2D eigenvalue weighted by molar-refractivity contribution is 0.162. The zero-order valence-electron chi connectivity index (χ0n) is 16.2. The SMILES string of the molecule is Clc1ccccc1OCc1nnc(NCc2ccc(OC3CCNCC3)c(Cl)c2)s1. The number of rotatable bonds is 8. The van der Waals surface area contributed by atoms with E-state index >= 15 is 0 Å². The highest BCUT2D eigenvalue weighted by atomic mass is 35.5. The van der Waals surface area contributed by atoms with Crippen LogP contribution in [-0.4, -0.2) is 29.4 Å². The molecule has 2 N–H and O–H groups in total. The van der Waals surface area contributed by atoms with Crippen LogP contribution in [0.4, 0.5) is 5.13 Å². The molecule has 0 spiro atoms. The topological polar surface area (TPSA) is 68.3 Å². The molecular formula is C21H22Cl2N4O2S. The second-order valence-corrected chi connectivity index (χ2v) is 8.78. The Labute approximate surface area is 189 Å². The van der Waals surface area contributed by atoms with Crippen molar-refractivity contribution in [1.29, 1.82) is 0 Å². The molecule has 2 aromatic carbocycles. The molecule has 0 aliphatic carbocycles. The Bertz CT molecular complexity index is 979. The second-order valence-electron chi connectivity index (χ2n) is 6.91. The second kappa shape index (κ2) is 10.3. The molecule has 0 bridgehead atoms. The predicted octanol–water partition coefficient (Wildman–Crippen LogP) is 5.17. The lowest BCUT2D eigenvalue weighted by Gasteiger charge is -2.24. The van der Waals surface area contributed by atoms with Crippen LogP contribution < -0.4 is 20.1 Å². The van der Waals surface area contributed by atoms with Crippen LogP contribution in [0.25, 0.3) is 0 Å². The first kappa shape index (κ1) is 21.2. The highest BCUT2D eigenvalue weighted by Crippen LogP contribution is 2.29. The van der Waals surface area contributed by atoms with Gasteiger partial charge in [0.25, 0.3) is 0 Å². The van der Waals surface area contributed by atoms with E-state index in [4.69, 9.17) is 32.7 Å². The average Bonchev–Trinajstić information content (AvgIpc) is 3.22. The fourth-order valence-corrected chi connectivity index (χ4v) is 4.19. The average molecular weight is 465 g/mol. The molecule has 0 amide bonds. The standard InChI is InChI=1S/C21H22Cl2N4O2S/c22-16-3-1-2-4-18(16)28-13-20-26-27-21(30-20)25-12-14-5-6-19(17(23)11-14)29-15-7-9-24-10-8-15/h1-6,11,15,24H,7-10,12-13H2,(H,25,27). The summed E-state index contributed by atoms with van der Waals surface area (Å²) in [5, 5.41) is 17.6. The molecule has 4 rings (SSSR count). The highest BCUT2D eigenvalue weighted by molar-refractivity contribution is 7.15. The van der Waals surface area contributed by atoms with Gasteiger partial charge in [-0.15, -0.1) is 10.2 Å². The Morgan fingerprint density at radius 3 is 2.67 bits per heavy atom. The molecule has 6 nitrogen and oxygen atoms in total. The Kier molecular flexibility index (Phi) is 7.28. The molecule has 1 saturated heterocycles. The minimum Gasteiger partial charge on any atom is -0.489 e. The number of anilines is 1. The van der Waals surface area contributed by atoms with Gasteiger partial charge in [-0.25, -0.2) is 0 Å². The molecule has 1 aromatic heterocycles. The number of nitrogens with one attached hydrogen (secondary N) is 2. The molecule has 1 fully saturated rings. The Balaban J connectivity index is 1.28. The van der Waals surface area contributed by atoms with Crippen molar-refractivity contribution >= 4 is 39.7 Å². The van der Waals surface area contributed by atoms with Crippen LogP contribution in [-0.2, 0) is 13.2 Å². The van der Waals surface area contributed by atoms with E-state index in [1.807, 2.05) is 36.4 Å². The fraction of sp³-hybridized carbons (Fsp3) is 0.333. The normalized spacial score (nSPS) is 14.5. The number of benzene rings is 2. The van der Waals surface area contributed by atoms with E-state index in [0.29, 0.717) is 28.9 Å². The number of halogens is 2. The molecule has 0 radical (unpaired) electrons. The van der Waals surface area contributed by atoms with E-state index in [9.17, 15) is 0 Å². The number of nitrogens with zero attached hydrogens (tertiary/aromatic N) is 2. The van der Waals surface area contributed by atoms with Gasteiger partial charge in [0.2, 0.25) is 5.13 Å². The van der Waals surface area contributed by atoms with E-state index in [-0.39, 0.29) is 6.10 Å². The lowest BCUT2D eigenvalue weighted by atomic mass is 10.1. The summed E-state index contributed by atoms with van der Waals surface area (Å²) >= 11 is 14.0. The number of ether oxygens (including phenoxy) is 2. The third-order valence-corrected chi connectivity index (χ3v) is 6.14. The van der Waals surface area contributed by atoms with Gasteiger partial charge in [0.1, 0.15) is 24.2 Å². The van der Waals surface area contributed by atoms with E-state index in [1.54, 1.807) is 6.07 Å². The molecule has 1 aliphatic heterocycles. The van der Waals surface area contributed by atoms with Crippen molar-refractivity contribution in [2.24, 2.45) is 0 Å². The van der Waals surface area contributed by atoms with Crippen LogP contribution >= 0.6 is 34.5 Å². The van der Waals surface area contributed by atoms with E-state index in [2.05, 4.69) is 20.8 Å². The zero-order chi connectivity index (χ0) is 20.8. The number of hydrogen-bond acceptors (Lipinski definition) is 7. The fourth-order valence-electron chi connectivity index (χ4n) is 3.11. The maximum atomic E-state index is 6.43. The predicted molar refractivity (Wildman–Crippen MR) is 121 cm³/mol. The van der Waals surface area contributed by atoms with Crippen LogP contribution in [0, 0.1) is 0 Å². The van der Waals surface area contributed by atoms with Gasteiger partial charge < -0.3 is 20.1 Å². The molecule has 0 unspecified atom stereocenters. The summed E-state index contributed by atoms with van der Waals surface area (Å²) in [7, 11) is 0. The lowest BCUT2D eigenvalue weighted by Crippen LogP contribution is -2.34. The van der Waals surface area contributed by atoms with Gasteiger partial charge in [0.15, 0.2) is 5.01 Å². The number of para-hydroxylation sites is 1. The molecule has 1 aliphatic rings. The molecule has 30 heavy (non-hydrogen) atoms. The van der Waals surface area contributed by atoms with Gasteiger partial charge in [-0.1, -0.05) is 52.7 Å². The smallest absolute Gasteiger partial charge is 0.206 e. The molecule has 0 atom stereocenters. The van der Waals surface area contributed by atoms with Crippen LogP contribution in [0.2, 0.25) is 10.0 Å². The van der Waals surface area contributed by atoms with Crippen LogP contribution in [0.3, 0.4) is 0 Å². The largest absolute Gasteiger partial charge is 0.489 e. The molecule has 158 valence electrons.